The summed E-state index contributed by atoms with van der Waals surface area (Å²) in [5.74, 6) is 9.25. The Morgan fingerprint density at radius 2 is 0.933 bits per heavy atom. The lowest BCUT2D eigenvalue weighted by Crippen LogP contribution is -2.49. The fraction of sp³-hybridized carbons (Fsp3) is 0.929. The molecule has 7 fully saturated rings. The Hall–Kier alpha value is -0.660. The van der Waals surface area contributed by atoms with E-state index in [0.717, 1.165) is 47.2 Å². The summed E-state index contributed by atoms with van der Waals surface area (Å²) in [6, 6.07) is 0. The monoisotopic (exact) mass is 408 g/mol. The van der Waals surface area contributed by atoms with Gasteiger partial charge in [-0.05, 0) is 112 Å². The molecule has 2 nitrogen and oxygen atoms in total. The maximum Gasteiger partial charge on any atom is 0.139 e. The molecule has 0 radical (unpaired) electrons. The summed E-state index contributed by atoms with van der Waals surface area (Å²) in [7, 11) is 0. The van der Waals surface area contributed by atoms with Gasteiger partial charge in [0.1, 0.15) is 11.6 Å². The van der Waals surface area contributed by atoms with E-state index in [9.17, 15) is 9.59 Å². The summed E-state index contributed by atoms with van der Waals surface area (Å²) in [6.45, 7) is 0. The van der Waals surface area contributed by atoms with Gasteiger partial charge in [0, 0.05) is 23.7 Å². The molecule has 0 heterocycles. The molecule has 12 atom stereocenters. The van der Waals surface area contributed by atoms with E-state index in [-0.39, 0.29) is 0 Å². The van der Waals surface area contributed by atoms with Crippen LogP contribution in [0.25, 0.3) is 0 Å². The Bertz CT molecular complexity index is 741. The normalized spacial score (nSPS) is 56.9. The molecule has 7 saturated carbocycles. The number of rotatable bonds is 0. The first-order valence-electron chi connectivity index (χ1n) is 13.8. The Kier molecular flexibility index (Phi) is 4.35. The molecule has 0 amide bonds. The fourth-order valence-electron chi connectivity index (χ4n) is 11.3. The van der Waals surface area contributed by atoms with Crippen molar-refractivity contribution in [1.29, 1.82) is 0 Å². The zero-order valence-corrected chi connectivity index (χ0v) is 18.6. The van der Waals surface area contributed by atoms with Gasteiger partial charge in [-0.25, -0.2) is 0 Å². The third-order valence-corrected chi connectivity index (χ3v) is 12.1. The van der Waals surface area contributed by atoms with Gasteiger partial charge >= 0.3 is 0 Å². The first-order valence-corrected chi connectivity index (χ1v) is 13.8. The number of carbonyl (C=O) groups is 2. The molecule has 12 unspecified atom stereocenters. The van der Waals surface area contributed by atoms with Crippen molar-refractivity contribution in [1.82, 2.24) is 0 Å². The van der Waals surface area contributed by atoms with Crippen LogP contribution in [0, 0.1) is 71.0 Å². The highest BCUT2D eigenvalue weighted by atomic mass is 16.1. The molecule has 7 aliphatic rings. The highest BCUT2D eigenvalue weighted by Crippen LogP contribution is 2.65. The smallest absolute Gasteiger partial charge is 0.139 e. The quantitative estimate of drug-likeness (QED) is 0.487. The molecule has 0 aromatic carbocycles. The predicted molar refractivity (Wildman–Crippen MR) is 117 cm³/mol. The van der Waals surface area contributed by atoms with Crippen LogP contribution in [0.5, 0.6) is 0 Å². The molecule has 0 N–H and O–H groups in total. The lowest BCUT2D eigenvalue weighted by Gasteiger charge is -2.55. The van der Waals surface area contributed by atoms with Gasteiger partial charge in [-0.3, -0.25) is 9.59 Å². The van der Waals surface area contributed by atoms with E-state index in [1.807, 2.05) is 0 Å². The number of fused-ring (bicyclic) bond motifs is 11. The van der Waals surface area contributed by atoms with E-state index in [1.54, 1.807) is 0 Å². The van der Waals surface area contributed by atoms with Gasteiger partial charge < -0.3 is 0 Å². The van der Waals surface area contributed by atoms with Gasteiger partial charge in [0.25, 0.3) is 0 Å². The Morgan fingerprint density at radius 3 is 1.73 bits per heavy atom. The first-order chi connectivity index (χ1) is 14.7. The van der Waals surface area contributed by atoms with Crippen LogP contribution in [0.3, 0.4) is 0 Å². The molecule has 0 aromatic rings. The maximum absolute atomic E-state index is 13.6. The Balaban J connectivity index is 1.17. The Morgan fingerprint density at radius 1 is 0.400 bits per heavy atom. The minimum atomic E-state index is 0.420. The largest absolute Gasteiger partial charge is 0.299 e. The van der Waals surface area contributed by atoms with E-state index >= 15 is 0 Å². The third kappa shape index (κ3) is 2.43. The molecule has 0 aromatic heterocycles. The molecule has 164 valence electrons. The first kappa shape index (κ1) is 18.9. The lowest BCUT2D eigenvalue weighted by molar-refractivity contribution is -0.132. The Labute approximate surface area is 182 Å². The van der Waals surface area contributed by atoms with Gasteiger partial charge in [-0.1, -0.05) is 25.7 Å². The summed E-state index contributed by atoms with van der Waals surface area (Å²) in [5, 5.41) is 0. The predicted octanol–water partition coefficient (Wildman–Crippen LogP) is 6.08. The zero-order chi connectivity index (χ0) is 20.0. The topological polar surface area (TPSA) is 34.1 Å². The summed E-state index contributed by atoms with van der Waals surface area (Å²) in [4.78, 5) is 26.8. The molecule has 7 rings (SSSR count). The average molecular weight is 409 g/mol. The van der Waals surface area contributed by atoms with Gasteiger partial charge in [0.15, 0.2) is 0 Å². The third-order valence-electron chi connectivity index (χ3n) is 12.1. The van der Waals surface area contributed by atoms with E-state index in [4.69, 9.17) is 0 Å². The van der Waals surface area contributed by atoms with E-state index in [1.165, 1.54) is 89.9 Å². The number of ketones is 2. The summed E-state index contributed by atoms with van der Waals surface area (Å²) in [6.07, 6.45) is 18.3. The molecule has 0 aliphatic heterocycles. The minimum absolute atomic E-state index is 0.420. The van der Waals surface area contributed by atoms with Gasteiger partial charge in [-0.2, -0.15) is 0 Å². The second kappa shape index (κ2) is 6.92. The van der Waals surface area contributed by atoms with Crippen molar-refractivity contribution in [3.05, 3.63) is 0 Å². The number of hydrogen-bond acceptors (Lipinski definition) is 2. The average Bonchev–Trinajstić information content (AvgIpc) is 3.26. The lowest BCUT2D eigenvalue weighted by atomic mass is 9.49. The summed E-state index contributed by atoms with van der Waals surface area (Å²) in [5.41, 5.74) is 0. The van der Waals surface area contributed by atoms with Crippen LogP contribution in [0.2, 0.25) is 0 Å². The van der Waals surface area contributed by atoms with Crippen molar-refractivity contribution in [3.8, 4) is 0 Å². The van der Waals surface area contributed by atoms with Crippen LogP contribution in [0.1, 0.15) is 89.9 Å². The van der Waals surface area contributed by atoms with Crippen molar-refractivity contribution in [3.63, 3.8) is 0 Å². The van der Waals surface area contributed by atoms with E-state index < -0.39 is 0 Å². The number of hydrogen-bond donors (Lipinski definition) is 0. The van der Waals surface area contributed by atoms with Gasteiger partial charge in [0.2, 0.25) is 0 Å². The molecule has 0 spiro atoms. The van der Waals surface area contributed by atoms with Crippen LogP contribution in [-0.4, -0.2) is 11.6 Å². The van der Waals surface area contributed by atoms with Gasteiger partial charge in [0.05, 0.1) is 0 Å². The second-order valence-electron chi connectivity index (χ2n) is 12.7. The second-order valence-corrected chi connectivity index (χ2v) is 12.7. The molecule has 2 heteroatoms. The molecule has 30 heavy (non-hydrogen) atoms. The van der Waals surface area contributed by atoms with Crippen LogP contribution >= 0.6 is 0 Å². The van der Waals surface area contributed by atoms with Crippen LogP contribution in [-0.2, 0) is 9.59 Å². The van der Waals surface area contributed by atoms with Crippen LogP contribution < -0.4 is 0 Å². The van der Waals surface area contributed by atoms with E-state index in [2.05, 4.69) is 0 Å². The van der Waals surface area contributed by atoms with Crippen molar-refractivity contribution < 1.29 is 9.59 Å². The number of Topliss-reactive ketones (excluding diaryl/α,β-unsaturated/α-hetero) is 2. The fourth-order valence-corrected chi connectivity index (χ4v) is 11.3. The summed E-state index contributed by atoms with van der Waals surface area (Å²) < 4.78 is 0. The molecular weight excluding hydrogens is 368 g/mol. The molecular formula is C28H40O2. The molecule has 0 saturated heterocycles. The van der Waals surface area contributed by atoms with Crippen LogP contribution in [0.15, 0.2) is 0 Å². The highest BCUT2D eigenvalue weighted by Gasteiger charge is 2.62. The van der Waals surface area contributed by atoms with Crippen molar-refractivity contribution in [2.75, 3.05) is 0 Å². The standard InChI is InChI=1S/C28H40O2/c29-27-23-8-4-2-6-18(23)25-19-12-13-21-17(16(19)10-14-24(25)27)9-11-20-15-5-1-3-7-22(15)28(30)26(20)21/h15-26H,1-14H2. The van der Waals surface area contributed by atoms with Gasteiger partial charge in [-0.15, -0.1) is 0 Å². The number of carbonyl (C=O) groups excluding carboxylic acids is 2. The SMILES string of the molecule is O=C1C2CCCCC2C2C1CCC1C3CCC4C5CCCCC5C(=O)C4C3CCC12. The van der Waals surface area contributed by atoms with Crippen molar-refractivity contribution in [2.45, 2.75) is 89.9 Å². The molecule has 0 bridgehead atoms. The molecule has 7 aliphatic carbocycles. The van der Waals surface area contributed by atoms with Crippen molar-refractivity contribution >= 4 is 11.6 Å². The summed E-state index contributed by atoms with van der Waals surface area (Å²) >= 11 is 0. The van der Waals surface area contributed by atoms with Crippen molar-refractivity contribution in [2.24, 2.45) is 71.0 Å². The zero-order valence-electron chi connectivity index (χ0n) is 18.6. The minimum Gasteiger partial charge on any atom is -0.299 e. The highest BCUT2D eigenvalue weighted by molar-refractivity contribution is 5.87. The van der Waals surface area contributed by atoms with Crippen LogP contribution in [0.4, 0.5) is 0 Å². The maximum atomic E-state index is 13.6. The van der Waals surface area contributed by atoms with E-state index in [0.29, 0.717) is 35.4 Å².